The predicted molar refractivity (Wildman–Crippen MR) is 88.0 cm³/mol. The number of aryl methyl sites for hydroxylation is 2. The lowest BCUT2D eigenvalue weighted by Gasteiger charge is -2.21. The van der Waals surface area contributed by atoms with Gasteiger partial charge in [0.1, 0.15) is 5.01 Å². The zero-order valence-electron chi connectivity index (χ0n) is 13.5. The zero-order valence-corrected chi connectivity index (χ0v) is 14.3. The van der Waals surface area contributed by atoms with E-state index in [0.29, 0.717) is 12.5 Å². The average Bonchev–Trinajstić information content (AvgIpc) is 3.03. The molecule has 1 N–H and O–H groups in total. The molecule has 1 unspecified atom stereocenters. The Labute approximate surface area is 131 Å². The third kappa shape index (κ3) is 4.41. The molecule has 118 valence electrons. The van der Waals surface area contributed by atoms with Gasteiger partial charge < -0.3 is 15.0 Å². The number of guanidine groups is 1. The van der Waals surface area contributed by atoms with Gasteiger partial charge in [0.2, 0.25) is 0 Å². The van der Waals surface area contributed by atoms with Crippen LogP contribution in [-0.2, 0) is 11.3 Å². The number of aliphatic imine (C=N–C) groups is 1. The highest BCUT2D eigenvalue weighted by Crippen LogP contribution is 2.19. The minimum absolute atomic E-state index is 0.614. The highest BCUT2D eigenvalue weighted by molar-refractivity contribution is 7.11. The SMILES string of the molecule is CCNC(=NCc1nc(C)c(C)s1)N1CCC(COC)C1. The van der Waals surface area contributed by atoms with Crippen LogP contribution in [0.15, 0.2) is 4.99 Å². The first-order chi connectivity index (χ1) is 10.1. The van der Waals surface area contributed by atoms with Crippen LogP contribution in [0.4, 0.5) is 0 Å². The van der Waals surface area contributed by atoms with E-state index >= 15 is 0 Å². The van der Waals surface area contributed by atoms with Crippen molar-refractivity contribution in [1.29, 1.82) is 0 Å². The van der Waals surface area contributed by atoms with Crippen molar-refractivity contribution in [3.8, 4) is 0 Å². The van der Waals surface area contributed by atoms with Gasteiger partial charge in [0.15, 0.2) is 5.96 Å². The van der Waals surface area contributed by atoms with Crippen molar-refractivity contribution in [2.24, 2.45) is 10.9 Å². The summed E-state index contributed by atoms with van der Waals surface area (Å²) in [5.74, 6) is 1.62. The van der Waals surface area contributed by atoms with Crippen molar-refractivity contribution in [3.63, 3.8) is 0 Å². The Kier molecular flexibility index (Phi) is 5.99. The smallest absolute Gasteiger partial charge is 0.194 e. The third-order valence-electron chi connectivity index (χ3n) is 3.76. The Morgan fingerprint density at radius 1 is 1.52 bits per heavy atom. The number of hydrogen-bond acceptors (Lipinski definition) is 4. The average molecular weight is 310 g/mol. The lowest BCUT2D eigenvalue weighted by molar-refractivity contribution is 0.157. The van der Waals surface area contributed by atoms with Crippen LogP contribution in [-0.4, -0.2) is 49.2 Å². The highest BCUT2D eigenvalue weighted by Gasteiger charge is 2.24. The summed E-state index contributed by atoms with van der Waals surface area (Å²) < 4.78 is 5.26. The number of aromatic nitrogens is 1. The molecule has 1 aromatic heterocycles. The van der Waals surface area contributed by atoms with Gasteiger partial charge in [0.05, 0.1) is 18.8 Å². The predicted octanol–water partition coefficient (Wildman–Crippen LogP) is 2.19. The van der Waals surface area contributed by atoms with E-state index in [2.05, 4.69) is 36.0 Å². The Morgan fingerprint density at radius 2 is 2.33 bits per heavy atom. The summed E-state index contributed by atoms with van der Waals surface area (Å²) >= 11 is 1.74. The van der Waals surface area contributed by atoms with Crippen LogP contribution in [0.1, 0.15) is 28.9 Å². The number of methoxy groups -OCH3 is 1. The Bertz CT molecular complexity index is 467. The molecule has 1 saturated heterocycles. The van der Waals surface area contributed by atoms with Gasteiger partial charge in [0, 0.05) is 37.5 Å². The molecule has 0 bridgehead atoms. The maximum atomic E-state index is 5.26. The van der Waals surface area contributed by atoms with Crippen molar-refractivity contribution < 1.29 is 4.74 Å². The molecule has 1 atom stereocenters. The van der Waals surface area contributed by atoms with Crippen molar-refractivity contribution in [3.05, 3.63) is 15.6 Å². The van der Waals surface area contributed by atoms with E-state index in [-0.39, 0.29) is 0 Å². The highest BCUT2D eigenvalue weighted by atomic mass is 32.1. The summed E-state index contributed by atoms with van der Waals surface area (Å²) in [6.07, 6.45) is 1.17. The van der Waals surface area contributed by atoms with Gasteiger partial charge in [0.25, 0.3) is 0 Å². The summed E-state index contributed by atoms with van der Waals surface area (Å²) in [7, 11) is 1.77. The van der Waals surface area contributed by atoms with E-state index in [4.69, 9.17) is 9.73 Å². The van der Waals surface area contributed by atoms with Gasteiger partial charge in [-0.25, -0.2) is 9.98 Å². The van der Waals surface area contributed by atoms with E-state index in [9.17, 15) is 0 Å². The first-order valence-electron chi connectivity index (χ1n) is 7.59. The van der Waals surface area contributed by atoms with E-state index in [1.165, 1.54) is 11.3 Å². The van der Waals surface area contributed by atoms with Crippen molar-refractivity contribution in [2.75, 3.05) is 33.4 Å². The fraction of sp³-hybridized carbons (Fsp3) is 0.733. The Hall–Kier alpha value is -1.14. The number of ether oxygens (including phenoxy) is 1. The van der Waals surface area contributed by atoms with Gasteiger partial charge in [-0.1, -0.05) is 0 Å². The summed E-state index contributed by atoms with van der Waals surface area (Å²) in [5.41, 5.74) is 1.12. The van der Waals surface area contributed by atoms with Gasteiger partial charge in [-0.15, -0.1) is 11.3 Å². The maximum Gasteiger partial charge on any atom is 0.194 e. The lowest BCUT2D eigenvalue weighted by atomic mass is 10.1. The molecule has 0 amide bonds. The van der Waals surface area contributed by atoms with E-state index in [1.54, 1.807) is 18.4 Å². The molecular weight excluding hydrogens is 284 g/mol. The van der Waals surface area contributed by atoms with Crippen LogP contribution in [0, 0.1) is 19.8 Å². The molecule has 2 rings (SSSR count). The van der Waals surface area contributed by atoms with Crippen molar-refractivity contribution >= 4 is 17.3 Å². The van der Waals surface area contributed by atoms with Crippen LogP contribution in [0.25, 0.3) is 0 Å². The molecule has 0 saturated carbocycles. The quantitative estimate of drug-likeness (QED) is 0.669. The van der Waals surface area contributed by atoms with Crippen LogP contribution in [0.2, 0.25) is 0 Å². The standard InChI is InChI=1S/C15H26N4OS/c1-5-16-15(19-7-6-13(9-19)10-20-4)17-8-14-18-11(2)12(3)21-14/h13H,5-10H2,1-4H3,(H,16,17). The van der Waals surface area contributed by atoms with Gasteiger partial charge in [-0.05, 0) is 27.2 Å². The number of nitrogens with one attached hydrogen (secondary N) is 1. The topological polar surface area (TPSA) is 49.8 Å². The second kappa shape index (κ2) is 7.75. The molecule has 0 radical (unpaired) electrons. The maximum absolute atomic E-state index is 5.26. The van der Waals surface area contributed by atoms with E-state index < -0.39 is 0 Å². The molecule has 0 aliphatic carbocycles. The first-order valence-corrected chi connectivity index (χ1v) is 8.40. The number of hydrogen-bond donors (Lipinski definition) is 1. The summed E-state index contributed by atoms with van der Waals surface area (Å²) in [6.45, 7) is 10.7. The summed E-state index contributed by atoms with van der Waals surface area (Å²) in [5, 5.41) is 4.48. The van der Waals surface area contributed by atoms with Crippen molar-refractivity contribution in [2.45, 2.75) is 33.7 Å². The molecule has 5 nitrogen and oxygen atoms in total. The number of likely N-dealkylation sites (tertiary alicyclic amines) is 1. The molecule has 2 heterocycles. The molecule has 0 spiro atoms. The molecule has 1 aromatic rings. The van der Waals surface area contributed by atoms with E-state index in [0.717, 1.165) is 42.9 Å². The lowest BCUT2D eigenvalue weighted by Crippen LogP contribution is -2.40. The second-order valence-corrected chi connectivity index (χ2v) is 6.76. The van der Waals surface area contributed by atoms with E-state index in [1.807, 2.05) is 0 Å². The van der Waals surface area contributed by atoms with Gasteiger partial charge >= 0.3 is 0 Å². The summed E-state index contributed by atoms with van der Waals surface area (Å²) in [6, 6.07) is 0. The molecule has 0 aromatic carbocycles. The number of thiazole rings is 1. The van der Waals surface area contributed by atoms with Crippen LogP contribution in [0.5, 0.6) is 0 Å². The largest absolute Gasteiger partial charge is 0.384 e. The van der Waals surface area contributed by atoms with Gasteiger partial charge in [-0.2, -0.15) is 0 Å². The van der Waals surface area contributed by atoms with Crippen LogP contribution >= 0.6 is 11.3 Å². The second-order valence-electron chi connectivity index (χ2n) is 5.48. The number of rotatable bonds is 5. The fourth-order valence-corrected chi connectivity index (χ4v) is 3.43. The Balaban J connectivity index is 1.99. The van der Waals surface area contributed by atoms with Gasteiger partial charge in [-0.3, -0.25) is 0 Å². The molecular formula is C15H26N4OS. The third-order valence-corrected chi connectivity index (χ3v) is 4.82. The summed E-state index contributed by atoms with van der Waals surface area (Å²) in [4.78, 5) is 12.9. The number of nitrogens with zero attached hydrogens (tertiary/aromatic N) is 3. The Morgan fingerprint density at radius 3 is 2.95 bits per heavy atom. The zero-order chi connectivity index (χ0) is 15.2. The molecule has 6 heteroatoms. The minimum Gasteiger partial charge on any atom is -0.384 e. The minimum atomic E-state index is 0.614. The monoisotopic (exact) mass is 310 g/mol. The molecule has 1 aliphatic rings. The normalized spacial score (nSPS) is 19.3. The van der Waals surface area contributed by atoms with Crippen molar-refractivity contribution in [1.82, 2.24) is 15.2 Å². The van der Waals surface area contributed by atoms with Crippen LogP contribution < -0.4 is 5.32 Å². The molecule has 21 heavy (non-hydrogen) atoms. The fourth-order valence-electron chi connectivity index (χ4n) is 2.57. The molecule has 1 fully saturated rings. The molecule has 1 aliphatic heterocycles. The first kappa shape index (κ1) is 16.2. The van der Waals surface area contributed by atoms with Crippen LogP contribution in [0.3, 0.4) is 0 Å².